The summed E-state index contributed by atoms with van der Waals surface area (Å²) in [6, 6.07) is 7.53. The number of carbonyl (C=O) groups is 1. The molecule has 1 saturated heterocycles. The first-order chi connectivity index (χ1) is 10.8. The molecule has 2 rings (SSSR count). The van der Waals surface area contributed by atoms with E-state index in [4.69, 9.17) is 9.47 Å². The van der Waals surface area contributed by atoms with Crippen LogP contribution < -0.4 is 14.8 Å². The smallest absolute Gasteiger partial charge is 0.223 e. The predicted molar refractivity (Wildman–Crippen MR) is 86.4 cm³/mol. The lowest BCUT2D eigenvalue weighted by Gasteiger charge is -2.26. The highest BCUT2D eigenvalue weighted by Gasteiger charge is 2.15. The summed E-state index contributed by atoms with van der Waals surface area (Å²) < 4.78 is 10.7. The lowest BCUT2D eigenvalue weighted by Crippen LogP contribution is -2.37. The van der Waals surface area contributed by atoms with Crippen molar-refractivity contribution in [2.24, 2.45) is 0 Å². The molecular formula is C17H26N2O3. The first kappa shape index (κ1) is 16.6. The van der Waals surface area contributed by atoms with Crippen molar-refractivity contribution in [1.29, 1.82) is 0 Å². The number of amides is 1. The van der Waals surface area contributed by atoms with Crippen LogP contribution in [0.5, 0.6) is 11.5 Å². The zero-order chi connectivity index (χ0) is 15.6. The lowest BCUT2D eigenvalue weighted by molar-refractivity contribution is -0.131. The van der Waals surface area contributed by atoms with Crippen LogP contribution in [0.25, 0.3) is 0 Å². The molecule has 1 aliphatic heterocycles. The number of benzene rings is 1. The van der Waals surface area contributed by atoms with Crippen molar-refractivity contribution in [3.05, 3.63) is 24.3 Å². The number of methoxy groups -OCH3 is 1. The van der Waals surface area contributed by atoms with Crippen molar-refractivity contribution in [3.8, 4) is 11.5 Å². The zero-order valence-corrected chi connectivity index (χ0v) is 13.3. The molecule has 22 heavy (non-hydrogen) atoms. The van der Waals surface area contributed by atoms with Gasteiger partial charge in [0.25, 0.3) is 0 Å². The molecule has 1 aromatic carbocycles. The maximum Gasteiger partial charge on any atom is 0.223 e. The highest BCUT2D eigenvalue weighted by atomic mass is 16.5. The van der Waals surface area contributed by atoms with E-state index in [0.29, 0.717) is 19.6 Å². The second-order valence-electron chi connectivity index (χ2n) is 5.47. The molecular weight excluding hydrogens is 280 g/mol. The van der Waals surface area contributed by atoms with Crippen molar-refractivity contribution >= 4 is 5.91 Å². The zero-order valence-electron chi connectivity index (χ0n) is 13.3. The number of ether oxygens (including phenoxy) is 2. The number of nitrogens with zero attached hydrogens (tertiary/aromatic N) is 1. The fraction of sp³-hybridized carbons (Fsp3) is 0.588. The van der Waals surface area contributed by atoms with Crippen LogP contribution in [0.2, 0.25) is 0 Å². The molecule has 0 saturated carbocycles. The molecule has 1 aliphatic rings. The second-order valence-corrected chi connectivity index (χ2v) is 5.47. The van der Waals surface area contributed by atoms with Gasteiger partial charge < -0.3 is 19.7 Å². The van der Waals surface area contributed by atoms with Crippen LogP contribution in [-0.4, -0.2) is 50.7 Å². The highest BCUT2D eigenvalue weighted by molar-refractivity contribution is 5.76. The Hall–Kier alpha value is -1.75. The molecule has 5 heteroatoms. The molecule has 1 heterocycles. The van der Waals surface area contributed by atoms with Gasteiger partial charge >= 0.3 is 0 Å². The quantitative estimate of drug-likeness (QED) is 0.747. The fourth-order valence-corrected chi connectivity index (χ4v) is 2.53. The Morgan fingerprint density at radius 1 is 1.09 bits per heavy atom. The van der Waals surface area contributed by atoms with Crippen LogP contribution in [0.15, 0.2) is 24.3 Å². The minimum Gasteiger partial charge on any atom is -0.497 e. The summed E-state index contributed by atoms with van der Waals surface area (Å²) in [5.41, 5.74) is 0. The average molecular weight is 306 g/mol. The van der Waals surface area contributed by atoms with Crippen molar-refractivity contribution < 1.29 is 14.3 Å². The first-order valence-corrected chi connectivity index (χ1v) is 8.05. The minimum absolute atomic E-state index is 0.267. The van der Waals surface area contributed by atoms with Gasteiger partial charge in [0.05, 0.1) is 7.11 Å². The number of hydrogen-bond donors (Lipinski definition) is 1. The fourth-order valence-electron chi connectivity index (χ4n) is 2.53. The van der Waals surface area contributed by atoms with Crippen molar-refractivity contribution in [2.75, 3.05) is 39.9 Å². The van der Waals surface area contributed by atoms with E-state index in [0.717, 1.165) is 44.0 Å². The first-order valence-electron chi connectivity index (χ1n) is 8.05. The monoisotopic (exact) mass is 306 g/mol. The van der Waals surface area contributed by atoms with Crippen LogP contribution in [-0.2, 0) is 4.79 Å². The van der Waals surface area contributed by atoms with Gasteiger partial charge in [-0.1, -0.05) is 0 Å². The van der Waals surface area contributed by atoms with Crippen molar-refractivity contribution in [1.82, 2.24) is 10.2 Å². The Bertz CT molecular complexity index is 442. The molecule has 0 bridgehead atoms. The van der Waals surface area contributed by atoms with Crippen LogP contribution in [0.4, 0.5) is 0 Å². The Morgan fingerprint density at radius 2 is 1.77 bits per heavy atom. The van der Waals surface area contributed by atoms with Crippen molar-refractivity contribution in [2.45, 2.75) is 25.7 Å². The summed E-state index contributed by atoms with van der Waals surface area (Å²) in [6.07, 6.45) is 4.12. The van der Waals surface area contributed by atoms with E-state index in [1.54, 1.807) is 7.11 Å². The standard InChI is InChI=1S/C17H26N2O3/c1-21-15-5-7-16(8-6-15)22-14-11-18-10-9-17(20)19-12-3-2-4-13-19/h5-8,18H,2-4,9-14H2,1H3. The molecule has 1 fully saturated rings. The molecule has 5 nitrogen and oxygen atoms in total. The molecule has 122 valence electrons. The normalized spacial score (nSPS) is 14.7. The summed E-state index contributed by atoms with van der Waals surface area (Å²) in [5.74, 6) is 1.91. The molecule has 1 N–H and O–H groups in total. The van der Waals surface area contributed by atoms with Gasteiger partial charge in [0.1, 0.15) is 18.1 Å². The van der Waals surface area contributed by atoms with Crippen LogP contribution >= 0.6 is 0 Å². The molecule has 0 atom stereocenters. The number of nitrogens with one attached hydrogen (secondary N) is 1. The topological polar surface area (TPSA) is 50.8 Å². The van der Waals surface area contributed by atoms with Gasteiger partial charge in [0.2, 0.25) is 5.91 Å². The largest absolute Gasteiger partial charge is 0.497 e. The Kier molecular flexibility index (Phi) is 7.03. The molecule has 0 radical (unpaired) electrons. The Morgan fingerprint density at radius 3 is 2.45 bits per heavy atom. The SMILES string of the molecule is COc1ccc(OCCNCCC(=O)N2CCCCC2)cc1. The maximum atomic E-state index is 12.0. The third-order valence-corrected chi connectivity index (χ3v) is 3.83. The van der Waals surface area contributed by atoms with E-state index in [1.165, 1.54) is 6.42 Å². The van der Waals surface area contributed by atoms with Crippen LogP contribution in [0.1, 0.15) is 25.7 Å². The average Bonchev–Trinajstić information content (AvgIpc) is 2.59. The van der Waals surface area contributed by atoms with Crippen LogP contribution in [0, 0.1) is 0 Å². The van der Waals surface area contributed by atoms with Gasteiger partial charge in [-0.15, -0.1) is 0 Å². The number of likely N-dealkylation sites (tertiary alicyclic amines) is 1. The second kappa shape index (κ2) is 9.30. The summed E-state index contributed by atoms with van der Waals surface area (Å²) >= 11 is 0. The van der Waals surface area contributed by atoms with Gasteiger partial charge in [-0.25, -0.2) is 0 Å². The molecule has 0 unspecified atom stereocenters. The summed E-state index contributed by atoms with van der Waals surface area (Å²) in [6.45, 7) is 3.89. The number of piperidine rings is 1. The summed E-state index contributed by atoms with van der Waals surface area (Å²) in [4.78, 5) is 13.9. The van der Waals surface area contributed by atoms with Gasteiger partial charge in [-0.3, -0.25) is 4.79 Å². The number of rotatable bonds is 8. The lowest BCUT2D eigenvalue weighted by atomic mass is 10.1. The van der Waals surface area contributed by atoms with Gasteiger partial charge in [-0.2, -0.15) is 0 Å². The van der Waals surface area contributed by atoms with Gasteiger partial charge in [0, 0.05) is 32.6 Å². The third-order valence-electron chi connectivity index (χ3n) is 3.83. The Balaban J connectivity index is 1.52. The Labute approximate surface area is 132 Å². The van der Waals surface area contributed by atoms with Crippen molar-refractivity contribution in [3.63, 3.8) is 0 Å². The highest BCUT2D eigenvalue weighted by Crippen LogP contribution is 2.16. The molecule has 1 aromatic rings. The van der Waals surface area contributed by atoms with E-state index < -0.39 is 0 Å². The minimum atomic E-state index is 0.267. The third kappa shape index (κ3) is 5.56. The van der Waals surface area contributed by atoms with E-state index in [1.807, 2.05) is 29.2 Å². The van der Waals surface area contributed by atoms with E-state index in [2.05, 4.69) is 5.32 Å². The molecule has 0 spiro atoms. The maximum absolute atomic E-state index is 12.0. The predicted octanol–water partition coefficient (Wildman–Crippen LogP) is 2.07. The van der Waals surface area contributed by atoms with E-state index in [9.17, 15) is 4.79 Å². The summed E-state index contributed by atoms with van der Waals surface area (Å²) in [5, 5.41) is 3.25. The van der Waals surface area contributed by atoms with Gasteiger partial charge in [-0.05, 0) is 43.5 Å². The number of carbonyl (C=O) groups excluding carboxylic acids is 1. The molecule has 0 aliphatic carbocycles. The van der Waals surface area contributed by atoms with Crippen LogP contribution in [0.3, 0.4) is 0 Å². The van der Waals surface area contributed by atoms with Gasteiger partial charge in [0.15, 0.2) is 0 Å². The molecule has 0 aromatic heterocycles. The summed E-state index contributed by atoms with van der Waals surface area (Å²) in [7, 11) is 1.64. The van der Waals surface area contributed by atoms with E-state index >= 15 is 0 Å². The molecule has 1 amide bonds. The number of hydrogen-bond acceptors (Lipinski definition) is 4. The van der Waals surface area contributed by atoms with E-state index in [-0.39, 0.29) is 5.91 Å².